The van der Waals surface area contributed by atoms with Crippen molar-refractivity contribution in [2.24, 2.45) is 10.5 Å². The topological polar surface area (TPSA) is 112 Å². The predicted octanol–water partition coefficient (Wildman–Crippen LogP) is 4.42. The maximum Gasteiger partial charge on any atom is 0.416 e. The van der Waals surface area contributed by atoms with Gasteiger partial charge in [-0.1, -0.05) is 30.3 Å². The minimum atomic E-state index is -5.08. The molecule has 0 aromatic heterocycles. The summed E-state index contributed by atoms with van der Waals surface area (Å²) < 4.78 is 84.2. The fraction of sp³-hybridized carbons (Fsp3) is 0.407. The maximum absolute atomic E-state index is 13.5. The van der Waals surface area contributed by atoms with Crippen molar-refractivity contribution in [2.45, 2.75) is 37.7 Å². The molecule has 2 atom stereocenters. The van der Waals surface area contributed by atoms with Crippen LogP contribution in [0.25, 0.3) is 0 Å². The number of hydrazone groups is 1. The lowest BCUT2D eigenvalue weighted by Crippen LogP contribution is -2.59. The van der Waals surface area contributed by atoms with Crippen LogP contribution in [-0.4, -0.2) is 71.4 Å². The number of alkyl halides is 6. The Hall–Kier alpha value is -4.30. The number of rotatable bonds is 8. The third-order valence-corrected chi connectivity index (χ3v) is 7.10. The number of carbonyl (C=O) groups excluding carboxylic acids is 2. The van der Waals surface area contributed by atoms with Gasteiger partial charge in [-0.05, 0) is 30.2 Å². The highest BCUT2D eigenvalue weighted by Crippen LogP contribution is 2.39. The van der Waals surface area contributed by atoms with E-state index < -0.39 is 65.7 Å². The molecule has 0 spiro atoms. The molecule has 0 bridgehead atoms. The number of piperidine rings is 1. The molecule has 226 valence electrons. The zero-order chi connectivity index (χ0) is 30.9. The van der Waals surface area contributed by atoms with E-state index in [-0.39, 0.29) is 37.9 Å². The average Bonchev–Trinajstić information content (AvgIpc) is 3.15. The van der Waals surface area contributed by atoms with Gasteiger partial charge in [0, 0.05) is 33.0 Å². The summed E-state index contributed by atoms with van der Waals surface area (Å²) in [7, 11) is 1.50. The predicted molar refractivity (Wildman–Crippen MR) is 135 cm³/mol. The lowest BCUT2D eigenvalue weighted by Gasteiger charge is -2.40. The summed E-state index contributed by atoms with van der Waals surface area (Å²) in [5, 5.41) is 16.9. The fourth-order valence-electron chi connectivity index (χ4n) is 5.15. The molecule has 0 saturated carbocycles. The van der Waals surface area contributed by atoms with Crippen LogP contribution in [0.15, 0.2) is 53.6 Å². The highest BCUT2D eigenvalue weighted by molar-refractivity contribution is 6.13. The number of benzene rings is 2. The number of fused-ring (bicyclic) bond motifs is 1. The number of ether oxygens (including phenoxy) is 1. The van der Waals surface area contributed by atoms with Gasteiger partial charge in [0.05, 0.1) is 23.4 Å². The zero-order valence-electron chi connectivity index (χ0n) is 22.1. The van der Waals surface area contributed by atoms with E-state index in [2.05, 4.69) is 5.10 Å². The second-order valence-electron chi connectivity index (χ2n) is 10.0. The maximum atomic E-state index is 13.5. The van der Waals surface area contributed by atoms with E-state index >= 15 is 0 Å². The van der Waals surface area contributed by atoms with Crippen molar-refractivity contribution < 1.29 is 50.6 Å². The van der Waals surface area contributed by atoms with Gasteiger partial charge in [0.25, 0.3) is 5.91 Å². The molecule has 1 fully saturated rings. The van der Waals surface area contributed by atoms with E-state index in [1.165, 1.54) is 17.0 Å². The van der Waals surface area contributed by atoms with Gasteiger partial charge in [0.2, 0.25) is 5.91 Å². The Kier molecular flexibility index (Phi) is 8.41. The van der Waals surface area contributed by atoms with Crippen LogP contribution in [0, 0.1) is 5.41 Å². The lowest BCUT2D eigenvalue weighted by molar-refractivity contribution is -0.143. The van der Waals surface area contributed by atoms with Gasteiger partial charge >= 0.3 is 18.4 Å². The van der Waals surface area contributed by atoms with E-state index in [1.54, 1.807) is 12.1 Å². The SMILES string of the molecule is CN1N=C2CCN(C(=O)[C@@H](CCOc3cc(C(F)(F)F)cc(C(F)(F)F)c3)NC(=O)O)C[C@@]2(Cc2ccccc2)C1=O. The van der Waals surface area contributed by atoms with Crippen LogP contribution in [0.4, 0.5) is 31.1 Å². The first-order chi connectivity index (χ1) is 19.6. The normalized spacial score (nSPS) is 19.7. The third kappa shape index (κ3) is 6.60. The fourth-order valence-corrected chi connectivity index (χ4v) is 5.15. The van der Waals surface area contributed by atoms with Crippen LogP contribution in [-0.2, 0) is 28.4 Å². The Morgan fingerprint density at radius 3 is 2.26 bits per heavy atom. The second kappa shape index (κ2) is 11.5. The molecule has 4 rings (SSSR count). The number of amides is 3. The number of carboxylic acid groups (broad SMARTS) is 1. The number of nitrogens with one attached hydrogen (secondary N) is 1. The smallest absolute Gasteiger partial charge is 0.416 e. The molecule has 0 unspecified atom stereocenters. The molecule has 2 aromatic carbocycles. The largest absolute Gasteiger partial charge is 0.493 e. The first kappa shape index (κ1) is 30.7. The van der Waals surface area contributed by atoms with E-state index in [9.17, 15) is 45.8 Å². The number of hydrogen-bond donors (Lipinski definition) is 2. The number of likely N-dealkylation sites (tertiary alicyclic amines) is 1. The standard InChI is InChI=1S/C27H26F6N4O5/c1-36-23(39)25(14-16-5-3-2-4-6-16)15-37(9-7-21(25)35-36)22(38)20(34-24(40)41)8-10-42-19-12-17(26(28,29)30)11-18(13-19)27(31,32)33/h2-6,11-13,20,34H,7-10,14-15H2,1H3,(H,40,41)/t20-,25-/m1/s1. The molecular formula is C27H26F6N4O5. The van der Waals surface area contributed by atoms with Crippen molar-refractivity contribution in [3.05, 3.63) is 65.2 Å². The minimum absolute atomic E-state index is 0.0495. The summed E-state index contributed by atoms with van der Waals surface area (Å²) in [5.41, 5.74) is -2.94. The zero-order valence-corrected chi connectivity index (χ0v) is 22.1. The van der Waals surface area contributed by atoms with Gasteiger partial charge < -0.3 is 20.1 Å². The van der Waals surface area contributed by atoms with Gasteiger partial charge in [0.1, 0.15) is 17.2 Å². The van der Waals surface area contributed by atoms with Crippen LogP contribution < -0.4 is 10.1 Å². The van der Waals surface area contributed by atoms with E-state index in [4.69, 9.17) is 4.74 Å². The lowest BCUT2D eigenvalue weighted by atomic mass is 9.73. The summed E-state index contributed by atoms with van der Waals surface area (Å²) >= 11 is 0. The molecule has 2 aliphatic heterocycles. The van der Waals surface area contributed by atoms with Gasteiger partial charge in [-0.2, -0.15) is 31.4 Å². The molecule has 3 amide bonds. The highest BCUT2D eigenvalue weighted by Gasteiger charge is 2.53. The molecular weight excluding hydrogens is 574 g/mol. The van der Waals surface area contributed by atoms with Crippen molar-refractivity contribution in [1.29, 1.82) is 0 Å². The number of halogens is 6. The van der Waals surface area contributed by atoms with Crippen molar-refractivity contribution in [2.75, 3.05) is 26.7 Å². The molecule has 1 saturated heterocycles. The highest BCUT2D eigenvalue weighted by atomic mass is 19.4. The minimum Gasteiger partial charge on any atom is -0.493 e. The second-order valence-corrected chi connectivity index (χ2v) is 10.0. The van der Waals surface area contributed by atoms with Crippen LogP contribution in [0.3, 0.4) is 0 Å². The first-order valence-corrected chi connectivity index (χ1v) is 12.7. The molecule has 2 heterocycles. The van der Waals surface area contributed by atoms with Gasteiger partial charge in [0.15, 0.2) is 0 Å². The van der Waals surface area contributed by atoms with Crippen LogP contribution >= 0.6 is 0 Å². The quantitative estimate of drug-likeness (QED) is 0.436. The van der Waals surface area contributed by atoms with E-state index in [0.717, 1.165) is 5.56 Å². The Labute approximate surface area is 235 Å². The number of hydrogen-bond acceptors (Lipinski definition) is 5. The summed E-state index contributed by atoms with van der Waals surface area (Å²) in [6, 6.07) is 8.31. The molecule has 2 aromatic rings. The van der Waals surface area contributed by atoms with Gasteiger partial charge in [-0.25, -0.2) is 9.80 Å². The first-order valence-electron chi connectivity index (χ1n) is 12.7. The van der Waals surface area contributed by atoms with Crippen LogP contribution in [0.2, 0.25) is 0 Å². The third-order valence-electron chi connectivity index (χ3n) is 7.10. The molecule has 2 N–H and O–H groups in total. The molecule has 15 heteroatoms. The van der Waals surface area contributed by atoms with Gasteiger partial charge in [-0.15, -0.1) is 0 Å². The van der Waals surface area contributed by atoms with Crippen molar-refractivity contribution in [1.82, 2.24) is 15.2 Å². The molecule has 42 heavy (non-hydrogen) atoms. The summed E-state index contributed by atoms with van der Waals surface area (Å²) in [6.45, 7) is -0.590. The van der Waals surface area contributed by atoms with Crippen molar-refractivity contribution in [3.8, 4) is 5.75 Å². The Bertz CT molecular complexity index is 1350. The van der Waals surface area contributed by atoms with Crippen molar-refractivity contribution in [3.63, 3.8) is 0 Å². The number of carbonyl (C=O) groups is 3. The Morgan fingerprint density at radius 1 is 1.07 bits per heavy atom. The van der Waals surface area contributed by atoms with Crippen LogP contribution in [0.5, 0.6) is 5.75 Å². The Balaban J connectivity index is 1.52. The van der Waals surface area contributed by atoms with Gasteiger partial charge in [-0.3, -0.25) is 9.59 Å². The average molecular weight is 601 g/mol. The van der Waals surface area contributed by atoms with E-state index in [1.807, 2.05) is 23.5 Å². The molecule has 0 radical (unpaired) electrons. The summed E-state index contributed by atoms with van der Waals surface area (Å²) in [4.78, 5) is 39.6. The molecule has 2 aliphatic rings. The molecule has 9 nitrogen and oxygen atoms in total. The van der Waals surface area contributed by atoms with Crippen LogP contribution in [0.1, 0.15) is 29.5 Å². The summed E-state index contributed by atoms with van der Waals surface area (Å²) in [5.74, 6) is -1.82. The molecule has 0 aliphatic carbocycles. The summed E-state index contributed by atoms with van der Waals surface area (Å²) in [6.07, 6.45) is -11.7. The number of nitrogens with zero attached hydrogens (tertiary/aromatic N) is 3. The van der Waals surface area contributed by atoms with Crippen molar-refractivity contribution >= 4 is 23.6 Å². The van der Waals surface area contributed by atoms with E-state index in [0.29, 0.717) is 17.8 Å². The Morgan fingerprint density at radius 2 is 1.69 bits per heavy atom. The monoisotopic (exact) mass is 600 g/mol.